The number of nitrogens with one attached hydrogen (secondary N) is 1. The molecule has 1 aromatic carbocycles. The molecule has 1 amide bonds. The highest BCUT2D eigenvalue weighted by Gasteiger charge is 2.21. The molecule has 0 radical (unpaired) electrons. The summed E-state index contributed by atoms with van der Waals surface area (Å²) >= 11 is 1.55. The number of aromatic nitrogens is 3. The fourth-order valence-electron chi connectivity index (χ4n) is 3.63. The first-order chi connectivity index (χ1) is 15.7. The molecule has 0 aliphatic carbocycles. The molecule has 3 aromatic rings. The van der Waals surface area contributed by atoms with Gasteiger partial charge in [0, 0.05) is 49.4 Å². The number of benzene rings is 1. The molecule has 1 aliphatic heterocycles. The Morgan fingerprint density at radius 2 is 1.84 bits per heavy atom. The van der Waals surface area contributed by atoms with E-state index in [0.29, 0.717) is 12.1 Å². The Hall–Kier alpha value is -2.97. The predicted molar refractivity (Wildman–Crippen MR) is 125 cm³/mol. The maximum Gasteiger partial charge on any atom is 0.251 e. The quantitative estimate of drug-likeness (QED) is 0.416. The van der Waals surface area contributed by atoms with Crippen LogP contribution in [-0.4, -0.2) is 51.2 Å². The molecular formula is C24H27N5O2S. The molecule has 0 bridgehead atoms. The van der Waals surface area contributed by atoms with Gasteiger partial charge in [-0.15, -0.1) is 0 Å². The van der Waals surface area contributed by atoms with Crippen LogP contribution in [-0.2, 0) is 13.1 Å². The third-order valence-electron chi connectivity index (χ3n) is 5.38. The van der Waals surface area contributed by atoms with Crippen LogP contribution in [0, 0.1) is 0 Å². The second kappa shape index (κ2) is 11.1. The molecule has 1 saturated heterocycles. The van der Waals surface area contributed by atoms with Gasteiger partial charge in [0.2, 0.25) is 0 Å². The first kappa shape index (κ1) is 22.2. The number of likely N-dealkylation sites (tertiary alicyclic amines) is 1. The van der Waals surface area contributed by atoms with Gasteiger partial charge in [-0.2, -0.15) is 0 Å². The summed E-state index contributed by atoms with van der Waals surface area (Å²) in [4.78, 5) is 27.7. The van der Waals surface area contributed by atoms with E-state index in [-0.39, 0.29) is 12.0 Å². The number of hydrogen-bond donors (Lipinski definition) is 1. The molecule has 1 fully saturated rings. The van der Waals surface area contributed by atoms with E-state index in [2.05, 4.69) is 25.2 Å². The average molecular weight is 450 g/mol. The summed E-state index contributed by atoms with van der Waals surface area (Å²) in [6, 6.07) is 13.0. The lowest BCUT2D eigenvalue weighted by atomic mass is 10.1. The first-order valence-electron chi connectivity index (χ1n) is 10.7. The van der Waals surface area contributed by atoms with E-state index >= 15 is 0 Å². The zero-order valence-electron chi connectivity index (χ0n) is 18.1. The van der Waals surface area contributed by atoms with Gasteiger partial charge in [0.25, 0.3) is 5.91 Å². The minimum Gasteiger partial charge on any atom is -0.490 e. The number of amides is 1. The van der Waals surface area contributed by atoms with Crippen molar-refractivity contribution >= 4 is 17.7 Å². The zero-order chi connectivity index (χ0) is 22.2. The minimum atomic E-state index is -0.120. The molecule has 166 valence electrons. The Labute approximate surface area is 192 Å². The van der Waals surface area contributed by atoms with Gasteiger partial charge < -0.3 is 10.1 Å². The van der Waals surface area contributed by atoms with E-state index in [0.717, 1.165) is 54.6 Å². The van der Waals surface area contributed by atoms with Gasteiger partial charge in [0.05, 0.1) is 12.2 Å². The van der Waals surface area contributed by atoms with Crippen LogP contribution in [0.2, 0.25) is 0 Å². The monoisotopic (exact) mass is 449 g/mol. The van der Waals surface area contributed by atoms with Gasteiger partial charge in [0.15, 0.2) is 5.16 Å². The maximum atomic E-state index is 12.3. The van der Waals surface area contributed by atoms with Gasteiger partial charge in [-0.25, -0.2) is 9.97 Å². The third-order valence-corrected chi connectivity index (χ3v) is 5.96. The maximum absolute atomic E-state index is 12.3. The molecule has 3 heterocycles. The molecule has 0 spiro atoms. The number of ether oxygens (including phenoxy) is 1. The number of piperidine rings is 1. The van der Waals surface area contributed by atoms with Crippen LogP contribution in [0.1, 0.15) is 34.5 Å². The first-order valence-corrected chi connectivity index (χ1v) is 11.9. The lowest BCUT2D eigenvalue weighted by molar-refractivity contribution is 0.0947. The number of rotatable bonds is 8. The van der Waals surface area contributed by atoms with Crippen molar-refractivity contribution in [3.63, 3.8) is 0 Å². The molecule has 7 nitrogen and oxygen atoms in total. The lowest BCUT2D eigenvalue weighted by Crippen LogP contribution is -2.37. The molecule has 1 aliphatic rings. The van der Waals surface area contributed by atoms with Crippen molar-refractivity contribution in [2.24, 2.45) is 0 Å². The van der Waals surface area contributed by atoms with Crippen LogP contribution in [0.15, 0.2) is 66.2 Å². The lowest BCUT2D eigenvalue weighted by Gasteiger charge is -2.32. The van der Waals surface area contributed by atoms with Gasteiger partial charge >= 0.3 is 0 Å². The molecule has 1 N–H and O–H groups in total. The fourth-order valence-corrected chi connectivity index (χ4v) is 3.94. The largest absolute Gasteiger partial charge is 0.490 e. The van der Waals surface area contributed by atoms with Crippen molar-refractivity contribution in [2.75, 3.05) is 19.3 Å². The molecule has 0 saturated carbocycles. The summed E-state index contributed by atoms with van der Waals surface area (Å²) in [6.07, 6.45) is 9.64. The number of pyridine rings is 1. The van der Waals surface area contributed by atoms with Gasteiger partial charge in [-0.1, -0.05) is 17.8 Å². The van der Waals surface area contributed by atoms with Crippen molar-refractivity contribution < 1.29 is 9.53 Å². The van der Waals surface area contributed by atoms with E-state index in [4.69, 9.17) is 4.74 Å². The van der Waals surface area contributed by atoms with Crippen LogP contribution in [0.4, 0.5) is 0 Å². The van der Waals surface area contributed by atoms with E-state index in [1.54, 1.807) is 30.1 Å². The van der Waals surface area contributed by atoms with Crippen molar-refractivity contribution in [3.05, 3.63) is 77.9 Å². The summed E-state index contributed by atoms with van der Waals surface area (Å²) < 4.78 is 6.15. The Kier molecular flexibility index (Phi) is 7.68. The predicted octanol–water partition coefficient (Wildman–Crippen LogP) is 3.57. The molecule has 0 atom stereocenters. The van der Waals surface area contributed by atoms with Gasteiger partial charge in [-0.05, 0) is 55.5 Å². The molecule has 8 heteroatoms. The number of nitrogens with zero attached hydrogens (tertiary/aromatic N) is 4. The Balaban J connectivity index is 1.21. The highest BCUT2D eigenvalue weighted by Crippen LogP contribution is 2.21. The summed E-state index contributed by atoms with van der Waals surface area (Å²) in [5.74, 6) is 0.677. The van der Waals surface area contributed by atoms with Gasteiger partial charge in [-0.3, -0.25) is 14.7 Å². The summed E-state index contributed by atoms with van der Waals surface area (Å²) in [5.41, 5.74) is 2.58. The van der Waals surface area contributed by atoms with Crippen LogP contribution < -0.4 is 10.1 Å². The van der Waals surface area contributed by atoms with Gasteiger partial charge in [0.1, 0.15) is 11.9 Å². The Morgan fingerprint density at radius 1 is 1.09 bits per heavy atom. The third kappa shape index (κ3) is 6.27. The van der Waals surface area contributed by atoms with Crippen LogP contribution in [0.5, 0.6) is 5.75 Å². The summed E-state index contributed by atoms with van der Waals surface area (Å²) in [5, 5.41) is 3.69. The fraction of sp³-hybridized carbons (Fsp3) is 0.333. The summed E-state index contributed by atoms with van der Waals surface area (Å²) in [7, 11) is 0. The van der Waals surface area contributed by atoms with E-state index in [9.17, 15) is 4.79 Å². The number of hydrogen-bond acceptors (Lipinski definition) is 7. The second-order valence-electron chi connectivity index (χ2n) is 7.70. The minimum absolute atomic E-state index is 0.120. The molecule has 4 rings (SSSR count). The number of carbonyl (C=O) groups excluding carboxylic acids is 1. The Morgan fingerprint density at radius 3 is 2.50 bits per heavy atom. The molecule has 2 aromatic heterocycles. The van der Waals surface area contributed by atoms with Crippen molar-refractivity contribution in [3.8, 4) is 5.75 Å². The molecular weight excluding hydrogens is 422 g/mol. The molecule has 32 heavy (non-hydrogen) atoms. The van der Waals surface area contributed by atoms with E-state index in [1.807, 2.05) is 49.0 Å². The van der Waals surface area contributed by atoms with Crippen LogP contribution in [0.3, 0.4) is 0 Å². The number of carbonyl (C=O) groups is 1. The smallest absolute Gasteiger partial charge is 0.251 e. The van der Waals surface area contributed by atoms with Crippen molar-refractivity contribution in [2.45, 2.75) is 37.2 Å². The second-order valence-corrected chi connectivity index (χ2v) is 8.47. The van der Waals surface area contributed by atoms with Crippen LogP contribution >= 0.6 is 11.8 Å². The van der Waals surface area contributed by atoms with E-state index < -0.39 is 0 Å². The standard InChI is InChI=1S/C24H27N5O2S/c1-32-24-27-14-18(15-28-24)17-29-12-9-22(10-13-29)31-21-7-5-19(6-8-21)23(30)26-16-20-4-2-3-11-25-20/h2-8,11,14-15,22H,9-10,12-13,16-17H2,1H3,(H,26,30). The normalized spacial score (nSPS) is 14.8. The Bertz CT molecular complexity index is 991. The molecule has 0 unspecified atom stereocenters. The summed E-state index contributed by atoms with van der Waals surface area (Å²) in [6.45, 7) is 3.22. The highest BCUT2D eigenvalue weighted by atomic mass is 32.2. The zero-order valence-corrected chi connectivity index (χ0v) is 18.9. The SMILES string of the molecule is CSc1ncc(CN2CCC(Oc3ccc(C(=O)NCc4ccccn4)cc3)CC2)cn1. The van der Waals surface area contributed by atoms with Crippen molar-refractivity contribution in [1.82, 2.24) is 25.2 Å². The number of thioether (sulfide) groups is 1. The van der Waals surface area contributed by atoms with Crippen molar-refractivity contribution in [1.29, 1.82) is 0 Å². The van der Waals surface area contributed by atoms with E-state index in [1.165, 1.54) is 0 Å². The highest BCUT2D eigenvalue weighted by molar-refractivity contribution is 7.98. The topological polar surface area (TPSA) is 80.2 Å². The van der Waals surface area contributed by atoms with Crippen LogP contribution in [0.25, 0.3) is 0 Å². The average Bonchev–Trinajstić information content (AvgIpc) is 2.85.